The zero-order valence-corrected chi connectivity index (χ0v) is 12.5. The normalized spacial score (nSPS) is 21.9. The molecule has 5 nitrogen and oxygen atoms in total. The molecule has 1 saturated carbocycles. The van der Waals surface area contributed by atoms with E-state index in [1.54, 1.807) is 0 Å². The number of nitrogens with one attached hydrogen (secondary N) is 1. The van der Waals surface area contributed by atoms with Crippen LogP contribution in [0.1, 0.15) is 31.2 Å². The molecule has 128 valence electrons. The van der Waals surface area contributed by atoms with Crippen molar-refractivity contribution in [2.24, 2.45) is 5.92 Å². The minimum Gasteiger partial charge on any atom is -0.396 e. The Bertz CT molecular complexity index is 605. The highest BCUT2D eigenvalue weighted by molar-refractivity contribution is 5.76. The number of aromatic nitrogens is 1. The predicted octanol–water partition coefficient (Wildman–Crippen LogP) is 1.53. The summed E-state index contributed by atoms with van der Waals surface area (Å²) < 4.78 is 38.7. The molecule has 0 bridgehead atoms. The van der Waals surface area contributed by atoms with Crippen molar-refractivity contribution in [2.45, 2.75) is 44.4 Å². The zero-order valence-electron chi connectivity index (χ0n) is 12.5. The summed E-state index contributed by atoms with van der Waals surface area (Å²) in [6.45, 7) is -0.316. The lowest BCUT2D eigenvalue weighted by molar-refractivity contribution is -0.138. The van der Waals surface area contributed by atoms with Crippen molar-refractivity contribution in [1.29, 1.82) is 0 Å². The van der Waals surface area contributed by atoms with Gasteiger partial charge in [0.25, 0.3) is 5.56 Å². The summed E-state index contributed by atoms with van der Waals surface area (Å²) in [4.78, 5) is 23.5. The molecular weight excluding hydrogens is 313 g/mol. The molecule has 1 aliphatic carbocycles. The van der Waals surface area contributed by atoms with Crippen LogP contribution < -0.4 is 10.9 Å². The van der Waals surface area contributed by atoms with Gasteiger partial charge in [-0.3, -0.25) is 9.59 Å². The molecule has 0 aliphatic heterocycles. The van der Waals surface area contributed by atoms with Crippen LogP contribution in [0.5, 0.6) is 0 Å². The van der Waals surface area contributed by atoms with Crippen molar-refractivity contribution < 1.29 is 23.1 Å². The van der Waals surface area contributed by atoms with E-state index in [2.05, 4.69) is 5.32 Å². The predicted molar refractivity (Wildman–Crippen MR) is 76.7 cm³/mol. The van der Waals surface area contributed by atoms with E-state index < -0.39 is 29.8 Å². The molecule has 1 aromatic rings. The number of aliphatic hydroxyl groups is 1. The number of hydrogen-bond donors (Lipinski definition) is 2. The third-order valence-corrected chi connectivity index (χ3v) is 4.09. The summed E-state index contributed by atoms with van der Waals surface area (Å²) in [5, 5.41) is 11.8. The molecule has 1 aromatic heterocycles. The van der Waals surface area contributed by atoms with Crippen LogP contribution in [0.25, 0.3) is 0 Å². The maximum atomic E-state index is 12.6. The Balaban J connectivity index is 1.97. The maximum absolute atomic E-state index is 12.6. The van der Waals surface area contributed by atoms with Gasteiger partial charge >= 0.3 is 6.18 Å². The van der Waals surface area contributed by atoms with Gasteiger partial charge in [0.1, 0.15) is 6.54 Å². The molecule has 0 atom stereocenters. The number of carbonyl (C=O) groups excluding carboxylic acids is 1. The number of halogens is 3. The lowest BCUT2D eigenvalue weighted by Crippen LogP contribution is -2.41. The van der Waals surface area contributed by atoms with E-state index in [1.807, 2.05) is 0 Å². The fourth-order valence-corrected chi connectivity index (χ4v) is 2.74. The lowest BCUT2D eigenvalue weighted by atomic mass is 9.86. The SMILES string of the molecule is O=C(Cn1cc(C(F)(F)F)ccc1=O)NC1CCC(CO)CC1. The summed E-state index contributed by atoms with van der Waals surface area (Å²) in [5.74, 6) is -0.242. The van der Waals surface area contributed by atoms with Crippen molar-refractivity contribution in [3.63, 3.8) is 0 Å². The number of aliphatic hydroxyl groups excluding tert-OH is 1. The van der Waals surface area contributed by atoms with Gasteiger partial charge < -0.3 is 15.0 Å². The third-order valence-electron chi connectivity index (χ3n) is 4.09. The molecule has 8 heteroatoms. The minimum atomic E-state index is -4.56. The molecule has 0 radical (unpaired) electrons. The second-order valence-corrected chi connectivity index (χ2v) is 5.85. The Labute approximate surface area is 131 Å². The first-order chi connectivity index (χ1) is 10.8. The highest BCUT2D eigenvalue weighted by atomic mass is 19.4. The summed E-state index contributed by atoms with van der Waals surface area (Å²) in [6.07, 6.45) is -0.877. The van der Waals surface area contributed by atoms with Crippen LogP contribution in [0.3, 0.4) is 0 Å². The van der Waals surface area contributed by atoms with Gasteiger partial charge in [0.05, 0.1) is 5.56 Å². The van der Waals surface area contributed by atoms with Crippen molar-refractivity contribution in [3.8, 4) is 0 Å². The second kappa shape index (κ2) is 7.16. The fraction of sp³-hybridized carbons (Fsp3) is 0.600. The van der Waals surface area contributed by atoms with Crippen LogP contribution in [-0.2, 0) is 17.5 Å². The van der Waals surface area contributed by atoms with E-state index in [-0.39, 0.29) is 18.6 Å². The number of nitrogens with zero attached hydrogens (tertiary/aromatic N) is 1. The van der Waals surface area contributed by atoms with Gasteiger partial charge in [0, 0.05) is 24.9 Å². The highest BCUT2D eigenvalue weighted by Crippen LogP contribution is 2.28. The smallest absolute Gasteiger partial charge is 0.396 e. The zero-order chi connectivity index (χ0) is 17.0. The Morgan fingerprint density at radius 3 is 2.48 bits per heavy atom. The van der Waals surface area contributed by atoms with Crippen LogP contribution in [-0.4, -0.2) is 28.2 Å². The first-order valence-corrected chi connectivity index (χ1v) is 7.47. The maximum Gasteiger partial charge on any atom is 0.417 e. The molecule has 1 fully saturated rings. The quantitative estimate of drug-likeness (QED) is 0.878. The van der Waals surface area contributed by atoms with E-state index in [0.29, 0.717) is 25.1 Å². The van der Waals surface area contributed by atoms with Crippen LogP contribution in [0.2, 0.25) is 0 Å². The second-order valence-electron chi connectivity index (χ2n) is 5.85. The number of amides is 1. The van der Waals surface area contributed by atoms with Crippen LogP contribution in [0.15, 0.2) is 23.1 Å². The standard InChI is InChI=1S/C15H19F3N2O3/c16-15(17,18)11-3-6-14(23)20(7-11)8-13(22)19-12-4-1-10(9-21)2-5-12/h3,6-7,10,12,21H,1-2,4-5,8-9H2,(H,19,22). The molecule has 23 heavy (non-hydrogen) atoms. The number of pyridine rings is 1. The largest absolute Gasteiger partial charge is 0.417 e. The topological polar surface area (TPSA) is 71.3 Å². The Morgan fingerprint density at radius 2 is 1.91 bits per heavy atom. The van der Waals surface area contributed by atoms with Gasteiger partial charge in [-0.1, -0.05) is 0 Å². The molecule has 0 aromatic carbocycles. The number of rotatable bonds is 4. The van der Waals surface area contributed by atoms with Gasteiger partial charge in [0.2, 0.25) is 5.91 Å². The molecule has 2 rings (SSSR count). The minimum absolute atomic E-state index is 0.0631. The van der Waals surface area contributed by atoms with Gasteiger partial charge in [-0.15, -0.1) is 0 Å². The van der Waals surface area contributed by atoms with Gasteiger partial charge in [0.15, 0.2) is 0 Å². The molecule has 0 unspecified atom stereocenters. The molecule has 1 aliphatic rings. The summed E-state index contributed by atoms with van der Waals surface area (Å²) in [6, 6.07) is 1.45. The molecule has 1 amide bonds. The van der Waals surface area contributed by atoms with Gasteiger partial charge in [-0.2, -0.15) is 13.2 Å². The van der Waals surface area contributed by atoms with E-state index >= 15 is 0 Å². The molecule has 1 heterocycles. The van der Waals surface area contributed by atoms with Crippen molar-refractivity contribution in [2.75, 3.05) is 6.61 Å². The molecular formula is C15H19F3N2O3. The molecule has 0 spiro atoms. The Morgan fingerprint density at radius 1 is 1.26 bits per heavy atom. The number of hydrogen-bond acceptors (Lipinski definition) is 3. The average molecular weight is 332 g/mol. The first kappa shape index (κ1) is 17.5. The van der Waals surface area contributed by atoms with E-state index in [9.17, 15) is 22.8 Å². The molecule has 0 saturated heterocycles. The molecule has 2 N–H and O–H groups in total. The number of carbonyl (C=O) groups is 1. The third kappa shape index (κ3) is 4.82. The van der Waals surface area contributed by atoms with Crippen LogP contribution >= 0.6 is 0 Å². The highest BCUT2D eigenvalue weighted by Gasteiger charge is 2.31. The number of alkyl halides is 3. The monoisotopic (exact) mass is 332 g/mol. The van der Waals surface area contributed by atoms with Crippen molar-refractivity contribution >= 4 is 5.91 Å². The van der Waals surface area contributed by atoms with E-state index in [0.717, 1.165) is 23.5 Å². The van der Waals surface area contributed by atoms with Gasteiger partial charge in [-0.25, -0.2) is 0 Å². The van der Waals surface area contributed by atoms with Gasteiger partial charge in [-0.05, 0) is 37.7 Å². The van der Waals surface area contributed by atoms with Crippen LogP contribution in [0.4, 0.5) is 13.2 Å². The average Bonchev–Trinajstić information content (AvgIpc) is 2.49. The Kier molecular flexibility index (Phi) is 5.46. The summed E-state index contributed by atoms with van der Waals surface area (Å²) >= 11 is 0. The lowest BCUT2D eigenvalue weighted by Gasteiger charge is -2.28. The fourth-order valence-electron chi connectivity index (χ4n) is 2.74. The summed E-state index contributed by atoms with van der Waals surface area (Å²) in [7, 11) is 0. The van der Waals surface area contributed by atoms with E-state index in [4.69, 9.17) is 5.11 Å². The van der Waals surface area contributed by atoms with Crippen LogP contribution in [0, 0.1) is 5.92 Å². The van der Waals surface area contributed by atoms with Crippen molar-refractivity contribution in [1.82, 2.24) is 9.88 Å². The van der Waals surface area contributed by atoms with E-state index in [1.165, 1.54) is 0 Å². The first-order valence-electron chi connectivity index (χ1n) is 7.47. The Hall–Kier alpha value is -1.83. The van der Waals surface area contributed by atoms with Crippen molar-refractivity contribution in [3.05, 3.63) is 34.2 Å². The summed E-state index contributed by atoms with van der Waals surface area (Å²) in [5.41, 5.74) is -1.62.